The zero-order valence-electron chi connectivity index (χ0n) is 12.6. The van der Waals surface area contributed by atoms with Crippen LogP contribution in [0.5, 0.6) is 0 Å². The number of carbonyl (C=O) groups excluding carboxylic acids is 1. The molecule has 0 saturated heterocycles. The van der Waals surface area contributed by atoms with E-state index in [0.29, 0.717) is 6.54 Å². The largest absolute Gasteiger partial charge is 0.469 e. The molecular weight excluding hydrogens is 271 g/mol. The SMILES string of the molecule is COC(=O)[C@H](C)CN[C@H](C)Cc1c[nH]c2ccc(F)cc12. The summed E-state index contributed by atoms with van der Waals surface area (Å²) in [5.74, 6) is -0.634. The number of fused-ring (bicyclic) bond motifs is 1. The van der Waals surface area contributed by atoms with E-state index in [4.69, 9.17) is 4.74 Å². The van der Waals surface area contributed by atoms with Crippen LogP contribution < -0.4 is 5.32 Å². The summed E-state index contributed by atoms with van der Waals surface area (Å²) in [7, 11) is 1.39. The van der Waals surface area contributed by atoms with Crippen LogP contribution >= 0.6 is 0 Å². The molecule has 2 atom stereocenters. The average Bonchev–Trinajstić information content (AvgIpc) is 2.86. The second-order valence-corrected chi connectivity index (χ2v) is 5.44. The maximum absolute atomic E-state index is 13.3. The Bertz CT molecular complexity index is 624. The predicted molar refractivity (Wildman–Crippen MR) is 80.6 cm³/mol. The van der Waals surface area contributed by atoms with Crippen molar-refractivity contribution in [3.05, 3.63) is 35.8 Å². The maximum atomic E-state index is 13.3. The van der Waals surface area contributed by atoms with Gasteiger partial charge >= 0.3 is 5.97 Å². The molecule has 0 bridgehead atoms. The van der Waals surface area contributed by atoms with E-state index < -0.39 is 0 Å². The quantitative estimate of drug-likeness (QED) is 0.805. The summed E-state index contributed by atoms with van der Waals surface area (Å²) < 4.78 is 18.0. The van der Waals surface area contributed by atoms with Crippen molar-refractivity contribution in [3.63, 3.8) is 0 Å². The molecule has 2 N–H and O–H groups in total. The lowest BCUT2D eigenvalue weighted by Gasteiger charge is -2.16. The fraction of sp³-hybridized carbons (Fsp3) is 0.438. The van der Waals surface area contributed by atoms with Crippen LogP contribution in [0.4, 0.5) is 4.39 Å². The Morgan fingerprint density at radius 2 is 2.19 bits per heavy atom. The number of hydrogen-bond acceptors (Lipinski definition) is 3. The number of esters is 1. The van der Waals surface area contributed by atoms with E-state index in [-0.39, 0.29) is 23.7 Å². The highest BCUT2D eigenvalue weighted by atomic mass is 19.1. The normalized spacial score (nSPS) is 14.1. The van der Waals surface area contributed by atoms with Gasteiger partial charge in [0, 0.05) is 29.7 Å². The summed E-state index contributed by atoms with van der Waals surface area (Å²) in [4.78, 5) is 14.5. The molecule has 0 unspecified atom stereocenters. The molecular formula is C16H21FN2O2. The van der Waals surface area contributed by atoms with Crippen LogP contribution in [0.3, 0.4) is 0 Å². The Balaban J connectivity index is 1.97. The van der Waals surface area contributed by atoms with E-state index in [1.54, 1.807) is 12.1 Å². The van der Waals surface area contributed by atoms with Gasteiger partial charge in [-0.25, -0.2) is 4.39 Å². The number of halogens is 1. The zero-order chi connectivity index (χ0) is 15.4. The summed E-state index contributed by atoms with van der Waals surface area (Å²) in [5, 5.41) is 4.21. The van der Waals surface area contributed by atoms with Gasteiger partial charge in [0.05, 0.1) is 13.0 Å². The highest BCUT2D eigenvalue weighted by Gasteiger charge is 2.15. The average molecular weight is 292 g/mol. The van der Waals surface area contributed by atoms with Crippen LogP contribution in [0.1, 0.15) is 19.4 Å². The molecule has 2 aromatic rings. The van der Waals surface area contributed by atoms with Gasteiger partial charge in [-0.1, -0.05) is 6.92 Å². The third kappa shape index (κ3) is 3.82. The molecule has 1 aromatic carbocycles. The van der Waals surface area contributed by atoms with Crippen LogP contribution in [0.2, 0.25) is 0 Å². The lowest BCUT2D eigenvalue weighted by Crippen LogP contribution is -2.34. The molecule has 21 heavy (non-hydrogen) atoms. The number of nitrogens with one attached hydrogen (secondary N) is 2. The van der Waals surface area contributed by atoms with Gasteiger partial charge in [-0.15, -0.1) is 0 Å². The lowest BCUT2D eigenvalue weighted by atomic mass is 10.1. The summed E-state index contributed by atoms with van der Waals surface area (Å²) in [5.41, 5.74) is 2.00. The van der Waals surface area contributed by atoms with Crippen LogP contribution in [-0.2, 0) is 16.0 Å². The lowest BCUT2D eigenvalue weighted by molar-refractivity contribution is -0.144. The predicted octanol–water partition coefficient (Wildman–Crippen LogP) is 2.64. The number of benzene rings is 1. The number of H-pyrrole nitrogens is 1. The molecule has 0 aliphatic heterocycles. The van der Waals surface area contributed by atoms with Crippen molar-refractivity contribution in [1.82, 2.24) is 10.3 Å². The minimum absolute atomic E-state index is 0.180. The third-order valence-electron chi connectivity index (χ3n) is 3.63. The monoisotopic (exact) mass is 292 g/mol. The molecule has 0 aliphatic rings. The third-order valence-corrected chi connectivity index (χ3v) is 3.63. The Labute approximate surface area is 123 Å². The number of aromatic nitrogens is 1. The number of rotatable bonds is 6. The van der Waals surface area contributed by atoms with Crippen molar-refractivity contribution in [2.45, 2.75) is 26.3 Å². The molecule has 1 heterocycles. The first kappa shape index (κ1) is 15.5. The van der Waals surface area contributed by atoms with Gasteiger partial charge in [-0.05, 0) is 37.1 Å². The second kappa shape index (κ2) is 6.72. The summed E-state index contributed by atoms with van der Waals surface area (Å²) in [6.45, 7) is 4.43. The standard InChI is InChI=1S/C16H21FN2O2/c1-10(16(20)21-3)8-18-11(2)6-12-9-19-15-5-4-13(17)7-14(12)15/h4-5,7,9-11,18-19H,6,8H2,1-3H3/t10-,11-/m1/s1. The smallest absolute Gasteiger partial charge is 0.309 e. The first-order chi connectivity index (χ1) is 10.0. The topological polar surface area (TPSA) is 54.1 Å². The van der Waals surface area contributed by atoms with E-state index in [1.807, 2.05) is 20.0 Å². The second-order valence-electron chi connectivity index (χ2n) is 5.44. The minimum atomic E-state index is -0.233. The van der Waals surface area contributed by atoms with E-state index >= 15 is 0 Å². The van der Waals surface area contributed by atoms with E-state index in [2.05, 4.69) is 10.3 Å². The van der Waals surface area contributed by atoms with Gasteiger partial charge in [0.2, 0.25) is 0 Å². The Kier molecular flexibility index (Phi) is 4.96. The molecule has 0 aliphatic carbocycles. The molecule has 0 fully saturated rings. The van der Waals surface area contributed by atoms with E-state index in [1.165, 1.54) is 13.2 Å². The van der Waals surface area contributed by atoms with Gasteiger partial charge in [-0.2, -0.15) is 0 Å². The van der Waals surface area contributed by atoms with Crippen molar-refractivity contribution in [3.8, 4) is 0 Å². The van der Waals surface area contributed by atoms with Crippen LogP contribution in [-0.4, -0.2) is 30.6 Å². The first-order valence-electron chi connectivity index (χ1n) is 7.08. The number of aromatic amines is 1. The van der Waals surface area contributed by atoms with Gasteiger partial charge in [-0.3, -0.25) is 4.79 Å². The van der Waals surface area contributed by atoms with Gasteiger partial charge in [0.15, 0.2) is 0 Å². The number of carbonyl (C=O) groups is 1. The fourth-order valence-corrected chi connectivity index (χ4v) is 2.38. The molecule has 0 saturated carbocycles. The maximum Gasteiger partial charge on any atom is 0.309 e. The van der Waals surface area contributed by atoms with E-state index in [9.17, 15) is 9.18 Å². The van der Waals surface area contributed by atoms with Gasteiger partial charge in [0.25, 0.3) is 0 Å². The summed E-state index contributed by atoms with van der Waals surface area (Å²) >= 11 is 0. The molecule has 5 heteroatoms. The summed E-state index contributed by atoms with van der Waals surface area (Å²) in [6, 6.07) is 4.91. The van der Waals surface area contributed by atoms with Crippen LogP contribution in [0, 0.1) is 11.7 Å². The molecule has 1 aromatic heterocycles. The first-order valence-corrected chi connectivity index (χ1v) is 7.08. The van der Waals surface area contributed by atoms with Crippen molar-refractivity contribution in [2.75, 3.05) is 13.7 Å². The van der Waals surface area contributed by atoms with E-state index in [0.717, 1.165) is 22.9 Å². The Morgan fingerprint density at radius 1 is 1.43 bits per heavy atom. The highest BCUT2D eigenvalue weighted by molar-refractivity contribution is 5.83. The van der Waals surface area contributed by atoms with Crippen molar-refractivity contribution in [1.29, 1.82) is 0 Å². The summed E-state index contributed by atoms with van der Waals surface area (Å²) in [6.07, 6.45) is 2.67. The van der Waals surface area contributed by atoms with Crippen molar-refractivity contribution < 1.29 is 13.9 Å². The molecule has 2 rings (SSSR count). The molecule has 0 amide bonds. The number of hydrogen-bond donors (Lipinski definition) is 2. The van der Waals surface area contributed by atoms with Gasteiger partial charge < -0.3 is 15.0 Å². The van der Waals surface area contributed by atoms with Crippen LogP contribution in [0.15, 0.2) is 24.4 Å². The Hall–Kier alpha value is -1.88. The number of methoxy groups -OCH3 is 1. The minimum Gasteiger partial charge on any atom is -0.469 e. The number of ether oxygens (including phenoxy) is 1. The molecule has 0 radical (unpaired) electrons. The van der Waals surface area contributed by atoms with Gasteiger partial charge in [0.1, 0.15) is 5.82 Å². The van der Waals surface area contributed by atoms with Crippen molar-refractivity contribution >= 4 is 16.9 Å². The fourth-order valence-electron chi connectivity index (χ4n) is 2.38. The van der Waals surface area contributed by atoms with Crippen molar-refractivity contribution in [2.24, 2.45) is 5.92 Å². The molecule has 114 valence electrons. The van der Waals surface area contributed by atoms with Crippen LogP contribution in [0.25, 0.3) is 10.9 Å². The molecule has 4 nitrogen and oxygen atoms in total. The molecule has 0 spiro atoms. The Morgan fingerprint density at radius 3 is 2.90 bits per heavy atom. The zero-order valence-corrected chi connectivity index (χ0v) is 12.6. The highest BCUT2D eigenvalue weighted by Crippen LogP contribution is 2.20.